The second kappa shape index (κ2) is 11.8. The lowest BCUT2D eigenvalue weighted by Gasteiger charge is -2.28. The third kappa shape index (κ3) is 4.93. The van der Waals surface area contributed by atoms with Crippen molar-refractivity contribution in [3.05, 3.63) is 200 Å². The molecule has 1 heteroatoms. The van der Waals surface area contributed by atoms with Crippen molar-refractivity contribution in [2.75, 3.05) is 4.90 Å². The van der Waals surface area contributed by atoms with Gasteiger partial charge in [0, 0.05) is 17.1 Å². The summed E-state index contributed by atoms with van der Waals surface area (Å²) in [5.74, 6) is 0. The fraction of sp³-hybridized carbons (Fsp3) is 0. The van der Waals surface area contributed by atoms with Crippen LogP contribution in [-0.4, -0.2) is 0 Å². The van der Waals surface area contributed by atoms with Crippen LogP contribution in [0.15, 0.2) is 200 Å². The molecule has 0 radical (unpaired) electrons. The van der Waals surface area contributed by atoms with Crippen molar-refractivity contribution in [2.24, 2.45) is 0 Å². The van der Waals surface area contributed by atoms with Gasteiger partial charge in [-0.25, -0.2) is 0 Å². The van der Waals surface area contributed by atoms with Crippen molar-refractivity contribution in [2.45, 2.75) is 0 Å². The summed E-state index contributed by atoms with van der Waals surface area (Å²) in [6.07, 6.45) is 0. The Morgan fingerprint density at radius 3 is 1.36 bits per heavy atom. The number of anilines is 3. The van der Waals surface area contributed by atoms with Crippen molar-refractivity contribution in [1.29, 1.82) is 0 Å². The van der Waals surface area contributed by atoms with E-state index in [1.165, 1.54) is 87.6 Å². The summed E-state index contributed by atoms with van der Waals surface area (Å²) >= 11 is 0. The number of fused-ring (bicyclic) bond motifs is 9. The Labute approximate surface area is 308 Å². The van der Waals surface area contributed by atoms with Gasteiger partial charge >= 0.3 is 0 Å². The van der Waals surface area contributed by atoms with Gasteiger partial charge in [-0.3, -0.25) is 0 Å². The van der Waals surface area contributed by atoms with E-state index in [1.54, 1.807) is 0 Å². The summed E-state index contributed by atoms with van der Waals surface area (Å²) in [7, 11) is 0. The summed E-state index contributed by atoms with van der Waals surface area (Å²) in [4.78, 5) is 2.40. The third-order valence-electron chi connectivity index (χ3n) is 11.1. The van der Waals surface area contributed by atoms with E-state index in [1.807, 2.05) is 0 Å². The number of benzene rings is 10. The molecular weight excluding hydrogens is 639 g/mol. The molecule has 53 heavy (non-hydrogen) atoms. The molecule has 246 valence electrons. The van der Waals surface area contributed by atoms with Crippen LogP contribution in [0.25, 0.3) is 87.6 Å². The summed E-state index contributed by atoms with van der Waals surface area (Å²) in [6, 6.07) is 73.5. The molecule has 0 heterocycles. The van der Waals surface area contributed by atoms with Gasteiger partial charge in [-0.2, -0.15) is 0 Å². The molecule has 0 amide bonds. The topological polar surface area (TPSA) is 3.24 Å². The van der Waals surface area contributed by atoms with Gasteiger partial charge < -0.3 is 4.90 Å². The molecule has 0 aliphatic heterocycles. The van der Waals surface area contributed by atoms with Gasteiger partial charge in [0.05, 0.1) is 0 Å². The maximum absolute atomic E-state index is 2.40. The number of nitrogens with zero attached hydrogens (tertiary/aromatic N) is 1. The van der Waals surface area contributed by atoms with Crippen LogP contribution >= 0.6 is 0 Å². The second-order valence-electron chi connectivity index (χ2n) is 14.2. The van der Waals surface area contributed by atoms with Crippen LogP contribution in [0.1, 0.15) is 0 Å². The summed E-state index contributed by atoms with van der Waals surface area (Å²) < 4.78 is 0. The highest BCUT2D eigenvalue weighted by molar-refractivity contribution is 6.13. The predicted octanol–water partition coefficient (Wildman–Crippen LogP) is 14.8. The first kappa shape index (κ1) is 29.7. The molecular formula is C52H33N. The van der Waals surface area contributed by atoms with Crippen LogP contribution in [0.5, 0.6) is 0 Å². The average Bonchev–Trinajstić information content (AvgIpc) is 3.23. The average molecular weight is 672 g/mol. The predicted molar refractivity (Wildman–Crippen MR) is 226 cm³/mol. The van der Waals surface area contributed by atoms with Crippen molar-refractivity contribution in [1.82, 2.24) is 0 Å². The van der Waals surface area contributed by atoms with Crippen LogP contribution in [0.4, 0.5) is 17.1 Å². The lowest BCUT2D eigenvalue weighted by Crippen LogP contribution is -2.10. The zero-order valence-corrected chi connectivity index (χ0v) is 29.0. The Bertz CT molecular complexity index is 3030. The summed E-state index contributed by atoms with van der Waals surface area (Å²) in [5, 5.41) is 10.1. The molecule has 10 aromatic rings. The Balaban J connectivity index is 1.02. The van der Waals surface area contributed by atoms with Crippen LogP contribution in [-0.2, 0) is 0 Å². The van der Waals surface area contributed by atoms with E-state index >= 15 is 0 Å². The molecule has 1 aliphatic rings. The summed E-state index contributed by atoms with van der Waals surface area (Å²) in [6.45, 7) is 0. The molecule has 10 aromatic carbocycles. The van der Waals surface area contributed by atoms with Crippen LogP contribution in [0, 0.1) is 0 Å². The molecule has 0 saturated carbocycles. The van der Waals surface area contributed by atoms with Crippen LogP contribution in [0.2, 0.25) is 0 Å². The van der Waals surface area contributed by atoms with E-state index in [0.717, 1.165) is 17.1 Å². The van der Waals surface area contributed by atoms with Gasteiger partial charge in [-0.1, -0.05) is 133 Å². The number of hydrogen-bond donors (Lipinski definition) is 0. The largest absolute Gasteiger partial charge is 0.310 e. The molecule has 0 atom stereocenters. The van der Waals surface area contributed by atoms with E-state index in [4.69, 9.17) is 0 Å². The maximum Gasteiger partial charge on any atom is 0.0468 e. The van der Waals surface area contributed by atoms with Gasteiger partial charge in [0.2, 0.25) is 0 Å². The Hall–Kier alpha value is -6.96. The van der Waals surface area contributed by atoms with Gasteiger partial charge in [-0.15, -0.1) is 0 Å². The Morgan fingerprint density at radius 1 is 0.226 bits per heavy atom. The fourth-order valence-corrected chi connectivity index (χ4v) is 8.38. The molecule has 0 fully saturated rings. The van der Waals surface area contributed by atoms with Crippen molar-refractivity contribution in [3.63, 3.8) is 0 Å². The van der Waals surface area contributed by atoms with E-state index in [9.17, 15) is 0 Å². The van der Waals surface area contributed by atoms with E-state index < -0.39 is 0 Å². The normalized spacial score (nSPS) is 11.8. The van der Waals surface area contributed by atoms with Crippen molar-refractivity contribution < 1.29 is 0 Å². The van der Waals surface area contributed by atoms with Gasteiger partial charge in [-0.05, 0) is 154 Å². The number of hydrogen-bond acceptors (Lipinski definition) is 1. The highest BCUT2D eigenvalue weighted by Crippen LogP contribution is 2.51. The molecule has 1 nitrogen and oxygen atoms in total. The number of rotatable bonds is 5. The standard InChI is InChI=1S/C52H33N/c1-3-9-34(10-4-1)36-19-22-44(23-20-36)53(46-25-26-48-41(28-46)18-15-37-13-7-8-14-47(37)48)45-24-21-40-31-50-51-32-42-27-38(35-11-5-2-6-12-35)16-17-39(42)30-49(51)52(50)33-43(40)29-45/h1-33H. The summed E-state index contributed by atoms with van der Waals surface area (Å²) in [5.41, 5.74) is 13.7. The van der Waals surface area contributed by atoms with Gasteiger partial charge in [0.25, 0.3) is 0 Å². The lowest BCUT2D eigenvalue weighted by atomic mass is 9.77. The van der Waals surface area contributed by atoms with Crippen molar-refractivity contribution >= 4 is 60.2 Å². The minimum absolute atomic E-state index is 1.12. The monoisotopic (exact) mass is 671 g/mol. The van der Waals surface area contributed by atoms with E-state index in [-0.39, 0.29) is 0 Å². The van der Waals surface area contributed by atoms with Crippen LogP contribution < -0.4 is 4.90 Å². The third-order valence-corrected chi connectivity index (χ3v) is 11.1. The highest BCUT2D eigenvalue weighted by Gasteiger charge is 2.24. The molecule has 1 aliphatic carbocycles. The molecule has 0 aromatic heterocycles. The SMILES string of the molecule is c1ccc(-c2ccc(N(c3ccc4cc5c(cc4c3)-c3cc4ccc(-c6ccccc6)cc4cc3-5)c3ccc4c(ccc5ccccc54)c3)cc2)cc1. The smallest absolute Gasteiger partial charge is 0.0468 e. The van der Waals surface area contributed by atoms with E-state index in [2.05, 4.69) is 205 Å². The fourth-order valence-electron chi connectivity index (χ4n) is 8.38. The lowest BCUT2D eigenvalue weighted by molar-refractivity contribution is 1.29. The van der Waals surface area contributed by atoms with E-state index in [0.29, 0.717) is 0 Å². The molecule has 0 bridgehead atoms. The molecule has 0 spiro atoms. The molecule has 0 unspecified atom stereocenters. The van der Waals surface area contributed by atoms with Crippen molar-refractivity contribution in [3.8, 4) is 44.5 Å². The quantitative estimate of drug-likeness (QED) is 0.165. The zero-order valence-electron chi connectivity index (χ0n) is 29.0. The van der Waals surface area contributed by atoms with Crippen LogP contribution in [0.3, 0.4) is 0 Å². The molecule has 11 rings (SSSR count). The maximum atomic E-state index is 2.40. The minimum atomic E-state index is 1.12. The first-order valence-corrected chi connectivity index (χ1v) is 18.3. The second-order valence-corrected chi connectivity index (χ2v) is 14.2. The molecule has 0 N–H and O–H groups in total. The first-order chi connectivity index (χ1) is 26.2. The highest BCUT2D eigenvalue weighted by atomic mass is 15.1. The zero-order chi connectivity index (χ0) is 34.9. The first-order valence-electron chi connectivity index (χ1n) is 18.3. The minimum Gasteiger partial charge on any atom is -0.310 e. The Morgan fingerprint density at radius 2 is 0.660 bits per heavy atom. The van der Waals surface area contributed by atoms with Gasteiger partial charge in [0.15, 0.2) is 0 Å². The van der Waals surface area contributed by atoms with Gasteiger partial charge in [0.1, 0.15) is 0 Å². The Kier molecular flexibility index (Phi) is 6.62. The molecule has 0 saturated heterocycles.